The Morgan fingerprint density at radius 2 is 1.49 bits per heavy atom. The lowest BCUT2D eigenvalue weighted by molar-refractivity contribution is -0.141. The van der Waals surface area contributed by atoms with Crippen LogP contribution < -0.4 is 4.74 Å². The van der Waals surface area contributed by atoms with Gasteiger partial charge in [0.05, 0.1) is 26.6 Å². The summed E-state index contributed by atoms with van der Waals surface area (Å²) in [5.74, 6) is 0.286. The first-order chi connectivity index (χ1) is 19.9. The molecular formula is C34H38FN3O3. The van der Waals surface area contributed by atoms with E-state index in [-0.39, 0.29) is 30.6 Å². The van der Waals surface area contributed by atoms with E-state index in [1.807, 2.05) is 77.8 Å². The molecule has 0 fully saturated rings. The molecule has 4 rings (SSSR count). The van der Waals surface area contributed by atoms with Gasteiger partial charge < -0.3 is 19.1 Å². The highest BCUT2D eigenvalue weighted by molar-refractivity contribution is 5.86. The Morgan fingerprint density at radius 3 is 2.17 bits per heavy atom. The number of carbonyl (C=O) groups is 2. The number of amides is 2. The van der Waals surface area contributed by atoms with Crippen molar-refractivity contribution in [3.63, 3.8) is 0 Å². The van der Waals surface area contributed by atoms with Gasteiger partial charge in [-0.3, -0.25) is 9.59 Å². The van der Waals surface area contributed by atoms with E-state index < -0.39 is 0 Å². The van der Waals surface area contributed by atoms with Crippen LogP contribution >= 0.6 is 0 Å². The molecule has 0 bridgehead atoms. The van der Waals surface area contributed by atoms with Crippen LogP contribution in [-0.4, -0.2) is 46.4 Å². The maximum absolute atomic E-state index is 13.9. The number of carbonyl (C=O) groups excluding carboxylic acids is 2. The van der Waals surface area contributed by atoms with Crippen molar-refractivity contribution in [2.45, 2.75) is 45.8 Å². The highest BCUT2D eigenvalue weighted by Crippen LogP contribution is 2.16. The fraction of sp³-hybridized carbons (Fsp3) is 0.294. The molecule has 0 unspecified atom stereocenters. The van der Waals surface area contributed by atoms with Crippen LogP contribution in [0, 0.1) is 5.82 Å². The zero-order valence-electron chi connectivity index (χ0n) is 23.8. The molecule has 1 heterocycles. The standard InChI is InChI=1S/C34H38FN3O3/c1-3-4-20-37(33(39)22-27-14-18-32(41-2)19-15-27)26-34(40)38(24-28-9-6-5-7-10-28)25-31-11-8-21-36(31)23-29-12-16-30(35)17-13-29/h5-19,21H,3-4,20,22-26H2,1-2H3. The summed E-state index contributed by atoms with van der Waals surface area (Å²) in [6.07, 6.45) is 3.93. The molecule has 6 nitrogen and oxygen atoms in total. The zero-order valence-corrected chi connectivity index (χ0v) is 23.8. The Bertz CT molecular complexity index is 1390. The molecule has 0 aliphatic heterocycles. The number of hydrogen-bond acceptors (Lipinski definition) is 3. The number of halogens is 1. The van der Waals surface area contributed by atoms with Gasteiger partial charge in [0.2, 0.25) is 11.8 Å². The van der Waals surface area contributed by atoms with Crippen LogP contribution in [0.15, 0.2) is 97.2 Å². The van der Waals surface area contributed by atoms with E-state index >= 15 is 0 Å². The molecule has 0 N–H and O–H groups in total. The molecule has 0 spiro atoms. The van der Waals surface area contributed by atoms with E-state index in [4.69, 9.17) is 4.74 Å². The molecule has 4 aromatic rings. The zero-order chi connectivity index (χ0) is 29.0. The number of hydrogen-bond donors (Lipinski definition) is 0. The minimum atomic E-state index is -0.268. The predicted octanol–water partition coefficient (Wildman–Crippen LogP) is 6.08. The highest BCUT2D eigenvalue weighted by atomic mass is 19.1. The average molecular weight is 556 g/mol. The van der Waals surface area contributed by atoms with Gasteiger partial charge in [-0.2, -0.15) is 0 Å². The summed E-state index contributed by atoms with van der Waals surface area (Å²) in [6, 6.07) is 27.7. The minimum absolute atomic E-state index is 0.0144. The van der Waals surface area contributed by atoms with Crippen LogP contribution in [0.25, 0.3) is 0 Å². The average Bonchev–Trinajstić information content (AvgIpc) is 3.43. The number of aromatic nitrogens is 1. The van der Waals surface area contributed by atoms with Gasteiger partial charge in [0, 0.05) is 31.5 Å². The number of rotatable bonds is 14. The van der Waals surface area contributed by atoms with Gasteiger partial charge in [-0.05, 0) is 59.5 Å². The van der Waals surface area contributed by atoms with Gasteiger partial charge >= 0.3 is 0 Å². The van der Waals surface area contributed by atoms with Gasteiger partial charge in [0.15, 0.2) is 0 Å². The molecular weight excluding hydrogens is 517 g/mol. The first kappa shape index (κ1) is 29.6. The third kappa shape index (κ3) is 8.80. The Morgan fingerprint density at radius 1 is 0.780 bits per heavy atom. The van der Waals surface area contributed by atoms with Crippen molar-refractivity contribution >= 4 is 11.8 Å². The molecule has 3 aromatic carbocycles. The summed E-state index contributed by atoms with van der Waals surface area (Å²) in [5, 5.41) is 0. The van der Waals surface area contributed by atoms with Gasteiger partial charge in [-0.1, -0.05) is 67.9 Å². The van der Waals surface area contributed by atoms with Crippen molar-refractivity contribution in [2.75, 3.05) is 20.2 Å². The second kappa shape index (κ2) is 14.8. The Balaban J connectivity index is 1.51. The molecule has 0 radical (unpaired) electrons. The smallest absolute Gasteiger partial charge is 0.242 e. The van der Waals surface area contributed by atoms with Crippen LogP contribution in [0.4, 0.5) is 4.39 Å². The third-order valence-corrected chi connectivity index (χ3v) is 7.09. The van der Waals surface area contributed by atoms with Crippen molar-refractivity contribution in [1.82, 2.24) is 14.4 Å². The van der Waals surface area contributed by atoms with E-state index in [9.17, 15) is 14.0 Å². The number of nitrogens with zero attached hydrogens (tertiary/aromatic N) is 3. The molecule has 0 aliphatic rings. The van der Waals surface area contributed by atoms with Crippen LogP contribution in [0.5, 0.6) is 5.75 Å². The fourth-order valence-corrected chi connectivity index (χ4v) is 4.70. The Labute approximate surface area is 242 Å². The largest absolute Gasteiger partial charge is 0.497 e. The van der Waals surface area contributed by atoms with E-state index in [1.165, 1.54) is 12.1 Å². The maximum atomic E-state index is 13.9. The predicted molar refractivity (Wildman–Crippen MR) is 159 cm³/mol. The second-order valence-corrected chi connectivity index (χ2v) is 10.2. The van der Waals surface area contributed by atoms with Crippen LogP contribution in [0.3, 0.4) is 0 Å². The van der Waals surface area contributed by atoms with Crippen LogP contribution in [0.2, 0.25) is 0 Å². The number of benzene rings is 3. The summed E-state index contributed by atoms with van der Waals surface area (Å²) in [5.41, 5.74) is 3.83. The monoisotopic (exact) mass is 555 g/mol. The lowest BCUT2D eigenvalue weighted by atomic mass is 10.1. The Kier molecular flexibility index (Phi) is 10.7. The number of unbranched alkanes of at least 4 members (excludes halogenated alkanes) is 1. The summed E-state index contributed by atoms with van der Waals surface area (Å²) in [7, 11) is 1.61. The van der Waals surface area contributed by atoms with Gasteiger partial charge in [0.25, 0.3) is 0 Å². The van der Waals surface area contributed by atoms with Crippen LogP contribution in [-0.2, 0) is 35.6 Å². The van der Waals surface area contributed by atoms with Gasteiger partial charge in [-0.15, -0.1) is 0 Å². The molecule has 2 amide bonds. The van der Waals surface area contributed by atoms with Gasteiger partial charge in [-0.25, -0.2) is 4.39 Å². The Hall–Kier alpha value is -4.39. The summed E-state index contributed by atoms with van der Waals surface area (Å²) < 4.78 is 20.7. The van der Waals surface area contributed by atoms with Crippen molar-refractivity contribution in [3.05, 3.63) is 125 Å². The molecule has 41 heavy (non-hydrogen) atoms. The number of ether oxygens (including phenoxy) is 1. The first-order valence-corrected chi connectivity index (χ1v) is 14.1. The quantitative estimate of drug-likeness (QED) is 0.189. The topological polar surface area (TPSA) is 54.8 Å². The van der Waals surface area contributed by atoms with E-state index in [2.05, 4.69) is 11.5 Å². The van der Waals surface area contributed by atoms with Crippen molar-refractivity contribution in [1.29, 1.82) is 0 Å². The molecule has 7 heteroatoms. The van der Waals surface area contributed by atoms with Crippen molar-refractivity contribution in [3.8, 4) is 5.75 Å². The van der Waals surface area contributed by atoms with Gasteiger partial charge in [0.1, 0.15) is 11.6 Å². The SMILES string of the molecule is CCCCN(CC(=O)N(Cc1ccccc1)Cc1cccn1Cc1ccc(F)cc1)C(=O)Cc1ccc(OC)cc1. The minimum Gasteiger partial charge on any atom is -0.497 e. The molecule has 0 saturated heterocycles. The lowest BCUT2D eigenvalue weighted by Crippen LogP contribution is -2.43. The fourth-order valence-electron chi connectivity index (χ4n) is 4.70. The van der Waals surface area contributed by atoms with Crippen molar-refractivity contribution in [2.24, 2.45) is 0 Å². The van der Waals surface area contributed by atoms with Crippen molar-refractivity contribution < 1.29 is 18.7 Å². The molecule has 0 saturated carbocycles. The van der Waals surface area contributed by atoms with E-state index in [1.54, 1.807) is 24.1 Å². The third-order valence-electron chi connectivity index (χ3n) is 7.09. The van der Waals surface area contributed by atoms with Crippen LogP contribution in [0.1, 0.15) is 42.1 Å². The molecule has 0 atom stereocenters. The lowest BCUT2D eigenvalue weighted by Gasteiger charge is -2.28. The van der Waals surface area contributed by atoms with E-state index in [0.29, 0.717) is 26.2 Å². The molecule has 1 aromatic heterocycles. The summed E-state index contributed by atoms with van der Waals surface area (Å²) >= 11 is 0. The molecule has 214 valence electrons. The highest BCUT2D eigenvalue weighted by Gasteiger charge is 2.23. The second-order valence-electron chi connectivity index (χ2n) is 10.2. The summed E-state index contributed by atoms with van der Waals surface area (Å²) in [6.45, 7) is 3.99. The molecule has 0 aliphatic carbocycles. The number of methoxy groups -OCH3 is 1. The first-order valence-electron chi connectivity index (χ1n) is 14.1. The summed E-state index contributed by atoms with van der Waals surface area (Å²) in [4.78, 5) is 30.7. The normalized spacial score (nSPS) is 10.8. The van der Waals surface area contributed by atoms with E-state index in [0.717, 1.165) is 41.0 Å². The maximum Gasteiger partial charge on any atom is 0.242 e.